The summed E-state index contributed by atoms with van der Waals surface area (Å²) in [6.45, 7) is 3.78. The summed E-state index contributed by atoms with van der Waals surface area (Å²) in [5, 5.41) is -1.04. The maximum Gasteiger partial charge on any atom is 0.345 e. The molecule has 3 nitrogen and oxygen atoms in total. The highest BCUT2D eigenvalue weighted by atomic mass is 32.2. The molecule has 0 fully saturated rings. The van der Waals surface area contributed by atoms with Crippen LogP contribution < -0.4 is 4.74 Å². The van der Waals surface area contributed by atoms with E-state index >= 15 is 0 Å². The zero-order valence-corrected chi connectivity index (χ0v) is 12.1. The van der Waals surface area contributed by atoms with Crippen LogP contribution in [0.15, 0.2) is 53.4 Å². The van der Waals surface area contributed by atoms with Crippen LogP contribution in [0, 0.1) is 6.92 Å². The summed E-state index contributed by atoms with van der Waals surface area (Å²) in [7, 11) is 0. The molecule has 0 bridgehead atoms. The zero-order valence-electron chi connectivity index (χ0n) is 11.3. The van der Waals surface area contributed by atoms with Crippen molar-refractivity contribution >= 4 is 17.7 Å². The summed E-state index contributed by atoms with van der Waals surface area (Å²) in [6.07, 6.45) is 0. The average molecular weight is 286 g/mol. The SMILES string of the molecule is Cc1cccc(SC2(C)OC(=O)c3ccccc3O2)c1. The molecule has 1 aliphatic heterocycles. The maximum absolute atomic E-state index is 12.0. The van der Waals surface area contributed by atoms with Gasteiger partial charge in [-0.15, -0.1) is 0 Å². The molecular formula is C16H14O3S. The fraction of sp³-hybridized carbons (Fsp3) is 0.188. The second kappa shape index (κ2) is 4.87. The second-order valence-electron chi connectivity index (χ2n) is 4.77. The Morgan fingerprint density at radius 1 is 1.05 bits per heavy atom. The lowest BCUT2D eigenvalue weighted by Gasteiger charge is -2.33. The number of aryl methyl sites for hydroxylation is 1. The van der Waals surface area contributed by atoms with E-state index in [1.807, 2.05) is 37.3 Å². The van der Waals surface area contributed by atoms with Gasteiger partial charge in [-0.2, -0.15) is 0 Å². The summed E-state index contributed by atoms with van der Waals surface area (Å²) < 4.78 is 11.3. The molecule has 0 saturated heterocycles. The molecule has 102 valence electrons. The predicted molar refractivity (Wildman–Crippen MR) is 77.9 cm³/mol. The van der Waals surface area contributed by atoms with Gasteiger partial charge >= 0.3 is 11.1 Å². The number of cyclic esters (lactones) is 1. The minimum atomic E-state index is -1.04. The largest absolute Gasteiger partial charge is 0.442 e. The van der Waals surface area contributed by atoms with E-state index in [2.05, 4.69) is 0 Å². The van der Waals surface area contributed by atoms with Crippen molar-refractivity contribution in [3.05, 3.63) is 59.7 Å². The predicted octanol–water partition coefficient (Wildman–Crippen LogP) is 4.01. The fourth-order valence-electron chi connectivity index (χ4n) is 2.10. The van der Waals surface area contributed by atoms with E-state index in [1.54, 1.807) is 25.1 Å². The van der Waals surface area contributed by atoms with Gasteiger partial charge in [0.05, 0.1) is 0 Å². The van der Waals surface area contributed by atoms with Crippen molar-refractivity contribution in [3.63, 3.8) is 0 Å². The van der Waals surface area contributed by atoms with Gasteiger partial charge in [-0.25, -0.2) is 4.79 Å². The van der Waals surface area contributed by atoms with Crippen molar-refractivity contribution in [3.8, 4) is 5.75 Å². The molecule has 0 amide bonds. The molecule has 2 aromatic rings. The maximum atomic E-state index is 12.0. The molecule has 0 aromatic heterocycles. The summed E-state index contributed by atoms with van der Waals surface area (Å²) in [5.41, 5.74) is 1.62. The summed E-state index contributed by atoms with van der Waals surface area (Å²) >= 11 is 1.38. The van der Waals surface area contributed by atoms with Crippen LogP contribution in [0.25, 0.3) is 0 Å². The van der Waals surface area contributed by atoms with Crippen molar-refractivity contribution in [1.82, 2.24) is 0 Å². The van der Waals surface area contributed by atoms with Gasteiger partial charge in [0.25, 0.3) is 0 Å². The Morgan fingerprint density at radius 2 is 1.85 bits per heavy atom. The number of hydrogen-bond acceptors (Lipinski definition) is 4. The number of para-hydroxylation sites is 1. The Kier molecular flexibility index (Phi) is 3.18. The van der Waals surface area contributed by atoms with Gasteiger partial charge in [-0.3, -0.25) is 0 Å². The van der Waals surface area contributed by atoms with Crippen LogP contribution in [-0.2, 0) is 4.74 Å². The molecule has 1 heterocycles. The van der Waals surface area contributed by atoms with E-state index in [9.17, 15) is 4.79 Å². The molecule has 1 atom stereocenters. The standard InChI is InChI=1S/C16H14O3S/c1-11-6-5-7-12(10-11)20-16(2)18-14-9-4-3-8-13(14)15(17)19-16/h3-10H,1-2H3. The van der Waals surface area contributed by atoms with Gasteiger partial charge in [-0.1, -0.05) is 29.8 Å². The molecule has 4 heteroatoms. The third kappa shape index (κ3) is 2.51. The smallest absolute Gasteiger partial charge is 0.345 e. The first kappa shape index (κ1) is 13.1. The summed E-state index contributed by atoms with van der Waals surface area (Å²) in [4.78, 5) is 13.0. The molecule has 0 N–H and O–H groups in total. The normalized spacial score (nSPS) is 20.8. The quantitative estimate of drug-likeness (QED) is 0.781. The zero-order chi connectivity index (χ0) is 14.2. The Balaban J connectivity index is 1.89. The fourth-order valence-corrected chi connectivity index (χ4v) is 3.17. The van der Waals surface area contributed by atoms with Crippen LogP contribution in [-0.4, -0.2) is 11.1 Å². The topological polar surface area (TPSA) is 35.5 Å². The third-order valence-corrected chi connectivity index (χ3v) is 4.00. The Bertz CT molecular complexity index is 668. The molecule has 2 aromatic carbocycles. The third-order valence-electron chi connectivity index (χ3n) is 2.97. The van der Waals surface area contributed by atoms with E-state index in [1.165, 1.54) is 11.8 Å². The number of esters is 1. The first-order chi connectivity index (χ1) is 9.56. The minimum absolute atomic E-state index is 0.352. The molecule has 0 aliphatic carbocycles. The Hall–Kier alpha value is -1.94. The highest BCUT2D eigenvalue weighted by Crippen LogP contribution is 2.41. The van der Waals surface area contributed by atoms with Gasteiger partial charge in [0.1, 0.15) is 11.3 Å². The van der Waals surface area contributed by atoms with Crippen molar-refractivity contribution in [2.75, 3.05) is 0 Å². The van der Waals surface area contributed by atoms with Crippen LogP contribution in [0.5, 0.6) is 5.75 Å². The van der Waals surface area contributed by atoms with Gasteiger partial charge in [0.15, 0.2) is 0 Å². The number of fused-ring (bicyclic) bond motifs is 1. The Morgan fingerprint density at radius 3 is 2.65 bits per heavy atom. The second-order valence-corrected chi connectivity index (χ2v) is 6.19. The molecule has 0 radical (unpaired) electrons. The van der Waals surface area contributed by atoms with E-state index in [0.717, 1.165) is 10.5 Å². The molecule has 20 heavy (non-hydrogen) atoms. The molecule has 0 spiro atoms. The first-order valence-corrected chi connectivity index (χ1v) is 7.14. The highest BCUT2D eigenvalue weighted by Gasteiger charge is 2.39. The van der Waals surface area contributed by atoms with E-state index < -0.39 is 5.12 Å². The molecule has 0 saturated carbocycles. The van der Waals surface area contributed by atoms with E-state index in [-0.39, 0.29) is 5.97 Å². The van der Waals surface area contributed by atoms with Crippen molar-refractivity contribution in [2.45, 2.75) is 23.9 Å². The molecule has 1 aliphatic rings. The number of thioether (sulfide) groups is 1. The van der Waals surface area contributed by atoms with Gasteiger partial charge in [0.2, 0.25) is 0 Å². The van der Waals surface area contributed by atoms with Gasteiger partial charge in [-0.05, 0) is 43.0 Å². The first-order valence-electron chi connectivity index (χ1n) is 6.33. The Labute approximate surface area is 121 Å². The van der Waals surface area contributed by atoms with E-state index in [4.69, 9.17) is 9.47 Å². The van der Waals surface area contributed by atoms with Crippen LogP contribution in [0.1, 0.15) is 22.8 Å². The molecule has 3 rings (SSSR count). The van der Waals surface area contributed by atoms with Crippen LogP contribution in [0.2, 0.25) is 0 Å². The number of carbonyl (C=O) groups excluding carboxylic acids is 1. The van der Waals surface area contributed by atoms with E-state index in [0.29, 0.717) is 11.3 Å². The van der Waals surface area contributed by atoms with Crippen LogP contribution >= 0.6 is 11.8 Å². The van der Waals surface area contributed by atoms with Gasteiger partial charge < -0.3 is 9.47 Å². The number of rotatable bonds is 2. The summed E-state index contributed by atoms with van der Waals surface area (Å²) in [5.74, 6) is 0.209. The van der Waals surface area contributed by atoms with Crippen LogP contribution in [0.3, 0.4) is 0 Å². The molecular weight excluding hydrogens is 272 g/mol. The van der Waals surface area contributed by atoms with Crippen molar-refractivity contribution < 1.29 is 14.3 Å². The number of hydrogen-bond donors (Lipinski definition) is 0. The number of benzene rings is 2. The monoisotopic (exact) mass is 286 g/mol. The average Bonchev–Trinajstić information content (AvgIpc) is 2.38. The lowest BCUT2D eigenvalue weighted by molar-refractivity contribution is -0.0738. The van der Waals surface area contributed by atoms with Crippen molar-refractivity contribution in [2.24, 2.45) is 0 Å². The lowest BCUT2D eigenvalue weighted by atomic mass is 10.2. The highest BCUT2D eigenvalue weighted by molar-refractivity contribution is 8.00. The van der Waals surface area contributed by atoms with Crippen LogP contribution in [0.4, 0.5) is 0 Å². The van der Waals surface area contributed by atoms with Crippen molar-refractivity contribution in [1.29, 1.82) is 0 Å². The summed E-state index contributed by atoms with van der Waals surface area (Å²) in [6, 6.07) is 15.1. The number of ether oxygens (including phenoxy) is 2. The lowest BCUT2D eigenvalue weighted by Crippen LogP contribution is -2.38. The number of carbonyl (C=O) groups is 1. The minimum Gasteiger partial charge on any atom is -0.442 e. The van der Waals surface area contributed by atoms with Gasteiger partial charge in [0, 0.05) is 11.8 Å². The molecule has 1 unspecified atom stereocenters.